The molecule has 0 aliphatic carbocycles. The number of hydrogen-bond donors (Lipinski definition) is 2. The molecule has 0 aliphatic heterocycles. The van der Waals surface area contributed by atoms with Gasteiger partial charge in [-0.25, -0.2) is 4.39 Å². The van der Waals surface area contributed by atoms with Gasteiger partial charge in [0.15, 0.2) is 0 Å². The molecule has 0 atom stereocenters. The Kier molecular flexibility index (Phi) is 5.42. The zero-order chi connectivity index (χ0) is 12.7. The largest absolute Gasteiger partial charge is 0.383 e. The number of nitrogens with one attached hydrogen (secondary N) is 2. The van der Waals surface area contributed by atoms with Gasteiger partial charge in [0.1, 0.15) is 5.82 Å². The van der Waals surface area contributed by atoms with E-state index >= 15 is 0 Å². The van der Waals surface area contributed by atoms with Gasteiger partial charge in [-0.1, -0.05) is 6.07 Å². The molecule has 0 saturated heterocycles. The van der Waals surface area contributed by atoms with Crippen LogP contribution >= 0.6 is 0 Å². The van der Waals surface area contributed by atoms with Crippen LogP contribution in [0.3, 0.4) is 0 Å². The van der Waals surface area contributed by atoms with Crippen LogP contribution in [-0.4, -0.2) is 32.7 Å². The topological polar surface area (TPSA) is 50.4 Å². The Labute approximate surface area is 100 Å². The lowest BCUT2D eigenvalue weighted by Gasteiger charge is -2.08. The highest BCUT2D eigenvalue weighted by Crippen LogP contribution is 2.14. The van der Waals surface area contributed by atoms with Crippen LogP contribution in [0.1, 0.15) is 5.56 Å². The lowest BCUT2D eigenvalue weighted by atomic mass is 10.2. The summed E-state index contributed by atoms with van der Waals surface area (Å²) in [6, 6.07) is 4.72. The first-order chi connectivity index (χ1) is 8.13. The van der Waals surface area contributed by atoms with Gasteiger partial charge < -0.3 is 15.4 Å². The number of amides is 1. The number of anilines is 1. The highest BCUT2D eigenvalue weighted by atomic mass is 19.1. The number of hydrogen-bond acceptors (Lipinski definition) is 3. The SMILES string of the molecule is COCCNC(=O)CNc1cc(C)ccc1F. The van der Waals surface area contributed by atoms with Crippen LogP contribution in [0.4, 0.5) is 10.1 Å². The molecule has 94 valence electrons. The van der Waals surface area contributed by atoms with E-state index < -0.39 is 0 Å². The molecule has 0 unspecified atom stereocenters. The summed E-state index contributed by atoms with van der Waals surface area (Å²) in [6.45, 7) is 2.82. The van der Waals surface area contributed by atoms with Crippen molar-refractivity contribution in [2.24, 2.45) is 0 Å². The second kappa shape index (κ2) is 6.85. The van der Waals surface area contributed by atoms with E-state index in [1.54, 1.807) is 19.2 Å². The summed E-state index contributed by atoms with van der Waals surface area (Å²) in [7, 11) is 1.56. The third-order valence-electron chi connectivity index (χ3n) is 2.19. The molecule has 0 spiro atoms. The van der Waals surface area contributed by atoms with E-state index in [1.165, 1.54) is 6.07 Å². The summed E-state index contributed by atoms with van der Waals surface area (Å²) < 4.78 is 18.1. The average molecular weight is 240 g/mol. The highest BCUT2D eigenvalue weighted by molar-refractivity contribution is 5.80. The molecule has 1 rings (SSSR count). The number of halogens is 1. The molecule has 1 aromatic rings. The van der Waals surface area contributed by atoms with Crippen molar-refractivity contribution in [1.29, 1.82) is 0 Å². The number of carbonyl (C=O) groups excluding carboxylic acids is 1. The second-order valence-electron chi connectivity index (χ2n) is 3.68. The Hall–Kier alpha value is -1.62. The van der Waals surface area contributed by atoms with Crippen molar-refractivity contribution in [1.82, 2.24) is 5.32 Å². The normalized spacial score (nSPS) is 10.1. The number of aryl methyl sites for hydroxylation is 1. The predicted octanol–water partition coefficient (Wildman–Crippen LogP) is 1.31. The zero-order valence-corrected chi connectivity index (χ0v) is 10.0. The molecule has 0 bridgehead atoms. The van der Waals surface area contributed by atoms with Crippen LogP contribution in [-0.2, 0) is 9.53 Å². The molecule has 0 radical (unpaired) electrons. The van der Waals surface area contributed by atoms with Gasteiger partial charge in [-0.2, -0.15) is 0 Å². The van der Waals surface area contributed by atoms with Crippen LogP contribution in [0.15, 0.2) is 18.2 Å². The lowest BCUT2D eigenvalue weighted by molar-refractivity contribution is -0.119. The summed E-state index contributed by atoms with van der Waals surface area (Å²) in [6.07, 6.45) is 0. The number of benzene rings is 1. The second-order valence-corrected chi connectivity index (χ2v) is 3.68. The fourth-order valence-electron chi connectivity index (χ4n) is 1.31. The monoisotopic (exact) mass is 240 g/mol. The molecule has 1 aromatic carbocycles. The molecule has 0 saturated carbocycles. The van der Waals surface area contributed by atoms with E-state index in [1.807, 2.05) is 6.92 Å². The minimum Gasteiger partial charge on any atom is -0.383 e. The molecule has 2 N–H and O–H groups in total. The lowest BCUT2D eigenvalue weighted by Crippen LogP contribution is -2.32. The van der Waals surface area contributed by atoms with Crippen molar-refractivity contribution in [2.45, 2.75) is 6.92 Å². The fraction of sp³-hybridized carbons (Fsp3) is 0.417. The minimum atomic E-state index is -0.361. The molecule has 1 amide bonds. The molecule has 0 aromatic heterocycles. The van der Waals surface area contributed by atoms with Gasteiger partial charge >= 0.3 is 0 Å². The Morgan fingerprint density at radius 3 is 2.94 bits per heavy atom. The number of ether oxygens (including phenoxy) is 1. The van der Waals surface area contributed by atoms with Crippen molar-refractivity contribution >= 4 is 11.6 Å². The Balaban J connectivity index is 2.39. The van der Waals surface area contributed by atoms with E-state index in [0.29, 0.717) is 18.8 Å². The zero-order valence-electron chi connectivity index (χ0n) is 10.0. The smallest absolute Gasteiger partial charge is 0.239 e. The molecular formula is C12H17FN2O2. The van der Waals surface area contributed by atoms with Crippen molar-refractivity contribution in [3.63, 3.8) is 0 Å². The molecule has 4 nitrogen and oxygen atoms in total. The average Bonchev–Trinajstić information content (AvgIpc) is 2.31. The van der Waals surface area contributed by atoms with Gasteiger partial charge in [-0.15, -0.1) is 0 Å². The number of methoxy groups -OCH3 is 1. The third kappa shape index (κ3) is 4.82. The first kappa shape index (κ1) is 13.4. The summed E-state index contributed by atoms with van der Waals surface area (Å²) in [5, 5.41) is 5.39. The summed E-state index contributed by atoms with van der Waals surface area (Å²) in [5.41, 5.74) is 1.28. The van der Waals surface area contributed by atoms with Crippen LogP contribution in [0.2, 0.25) is 0 Å². The van der Waals surface area contributed by atoms with Crippen LogP contribution in [0.25, 0.3) is 0 Å². The first-order valence-electron chi connectivity index (χ1n) is 5.39. The number of rotatable bonds is 6. The summed E-state index contributed by atoms with van der Waals surface area (Å²) in [5.74, 6) is -0.553. The van der Waals surface area contributed by atoms with E-state index in [2.05, 4.69) is 10.6 Å². The Morgan fingerprint density at radius 1 is 1.47 bits per heavy atom. The van der Waals surface area contributed by atoms with E-state index in [-0.39, 0.29) is 18.3 Å². The van der Waals surface area contributed by atoms with Gasteiger partial charge in [-0.05, 0) is 24.6 Å². The molecule has 0 heterocycles. The maximum absolute atomic E-state index is 13.3. The maximum Gasteiger partial charge on any atom is 0.239 e. The first-order valence-corrected chi connectivity index (χ1v) is 5.39. The van der Waals surface area contributed by atoms with E-state index in [4.69, 9.17) is 4.74 Å². The van der Waals surface area contributed by atoms with Gasteiger partial charge in [0.05, 0.1) is 18.8 Å². The van der Waals surface area contributed by atoms with Crippen LogP contribution < -0.4 is 10.6 Å². The Morgan fingerprint density at radius 2 is 2.24 bits per heavy atom. The van der Waals surface area contributed by atoms with Gasteiger partial charge in [-0.3, -0.25) is 4.79 Å². The van der Waals surface area contributed by atoms with E-state index in [9.17, 15) is 9.18 Å². The quantitative estimate of drug-likeness (QED) is 0.737. The van der Waals surface area contributed by atoms with Crippen LogP contribution in [0, 0.1) is 12.7 Å². The van der Waals surface area contributed by atoms with Gasteiger partial charge in [0.25, 0.3) is 0 Å². The molecule has 0 aliphatic rings. The highest BCUT2D eigenvalue weighted by Gasteiger charge is 2.04. The van der Waals surface area contributed by atoms with Gasteiger partial charge in [0.2, 0.25) is 5.91 Å². The maximum atomic E-state index is 13.3. The van der Waals surface area contributed by atoms with E-state index in [0.717, 1.165) is 5.56 Å². The van der Waals surface area contributed by atoms with Crippen molar-refractivity contribution in [3.05, 3.63) is 29.6 Å². The third-order valence-corrected chi connectivity index (χ3v) is 2.19. The predicted molar refractivity (Wildman–Crippen MR) is 64.5 cm³/mol. The molecule has 0 fully saturated rings. The minimum absolute atomic E-state index is 0.0457. The van der Waals surface area contributed by atoms with Crippen LogP contribution in [0.5, 0.6) is 0 Å². The van der Waals surface area contributed by atoms with Gasteiger partial charge in [0, 0.05) is 13.7 Å². The summed E-state index contributed by atoms with van der Waals surface area (Å²) in [4.78, 5) is 11.3. The Bertz CT molecular complexity index is 383. The number of carbonyl (C=O) groups is 1. The van der Waals surface area contributed by atoms with Crippen molar-refractivity contribution in [3.8, 4) is 0 Å². The molecular weight excluding hydrogens is 223 g/mol. The van der Waals surface area contributed by atoms with Crippen molar-refractivity contribution in [2.75, 3.05) is 32.1 Å². The molecule has 17 heavy (non-hydrogen) atoms. The summed E-state index contributed by atoms with van der Waals surface area (Å²) >= 11 is 0. The fourth-order valence-corrected chi connectivity index (χ4v) is 1.31. The van der Waals surface area contributed by atoms with Crippen molar-refractivity contribution < 1.29 is 13.9 Å². The molecule has 5 heteroatoms. The standard InChI is InChI=1S/C12H17FN2O2/c1-9-3-4-10(13)11(7-9)15-8-12(16)14-5-6-17-2/h3-4,7,15H,5-6,8H2,1-2H3,(H,14,16).